The van der Waals surface area contributed by atoms with E-state index in [2.05, 4.69) is 107 Å². The monoisotopic (exact) mass is 459 g/mol. The zero-order valence-electron chi connectivity index (χ0n) is 21.1. The molecule has 174 valence electrons. The molecule has 0 unspecified atom stereocenters. The van der Waals surface area contributed by atoms with Crippen LogP contribution in [0.3, 0.4) is 0 Å². The van der Waals surface area contributed by atoms with Crippen LogP contribution >= 0.6 is 0 Å². The van der Waals surface area contributed by atoms with E-state index in [1.807, 2.05) is 6.07 Å². The molecule has 0 radical (unpaired) electrons. The van der Waals surface area contributed by atoms with E-state index >= 15 is 0 Å². The van der Waals surface area contributed by atoms with Gasteiger partial charge in [-0.2, -0.15) is 0 Å². The fourth-order valence-corrected chi connectivity index (χ4v) is 5.35. The Morgan fingerprint density at radius 2 is 1.49 bits per heavy atom. The van der Waals surface area contributed by atoms with Crippen molar-refractivity contribution in [3.05, 3.63) is 83.4 Å². The number of hydrogen-bond donors (Lipinski definition) is 0. The van der Waals surface area contributed by atoms with Crippen LogP contribution in [0.15, 0.2) is 71.1 Å². The van der Waals surface area contributed by atoms with Crippen LogP contribution < -0.4 is 0 Å². The highest BCUT2D eigenvalue weighted by molar-refractivity contribution is 6.10. The van der Waals surface area contributed by atoms with Crippen molar-refractivity contribution in [3.63, 3.8) is 0 Å². The molecule has 0 bridgehead atoms. The summed E-state index contributed by atoms with van der Waals surface area (Å²) in [5.74, 6) is 0.915. The van der Waals surface area contributed by atoms with Gasteiger partial charge in [-0.1, -0.05) is 36.4 Å². The van der Waals surface area contributed by atoms with Crippen LogP contribution in [0.25, 0.3) is 55.7 Å². The molecule has 0 aliphatic carbocycles. The number of nitrogens with zero attached hydrogens (tertiary/aromatic N) is 3. The van der Waals surface area contributed by atoms with Crippen molar-refractivity contribution in [2.24, 2.45) is 0 Å². The maximum absolute atomic E-state index is 6.56. The lowest BCUT2D eigenvalue weighted by atomic mass is 9.99. The lowest BCUT2D eigenvalue weighted by molar-refractivity contribution is 0.413. The minimum atomic E-state index is -0.150. The maximum atomic E-state index is 6.56. The number of para-hydroxylation sites is 2. The molecule has 6 rings (SSSR count). The highest BCUT2D eigenvalue weighted by atomic mass is 16.3. The van der Waals surface area contributed by atoms with Gasteiger partial charge in [0.2, 0.25) is 5.71 Å². The van der Waals surface area contributed by atoms with E-state index in [1.165, 1.54) is 22.3 Å². The zero-order chi connectivity index (χ0) is 24.5. The molecule has 0 atom stereocenters. The molecule has 3 aromatic carbocycles. The quantitative estimate of drug-likeness (QED) is 0.261. The molecule has 0 saturated heterocycles. The molecule has 0 amide bonds. The van der Waals surface area contributed by atoms with Gasteiger partial charge in [-0.05, 0) is 88.6 Å². The van der Waals surface area contributed by atoms with Gasteiger partial charge in [0.25, 0.3) is 0 Å². The lowest BCUT2D eigenvalue weighted by Crippen LogP contribution is -2.22. The fraction of sp³-hybridized carbons (Fsp3) is 0.226. The highest BCUT2D eigenvalue weighted by Gasteiger charge is 2.25. The first-order valence-corrected chi connectivity index (χ1v) is 12.1. The SMILES string of the molecule is Cc1cccc(C)c1-c1ccc2c(n1)oc1c(-c3nc4ccccc4n3C(C)(C)C)ccc(C)c12. The van der Waals surface area contributed by atoms with E-state index in [0.29, 0.717) is 5.71 Å². The summed E-state index contributed by atoms with van der Waals surface area (Å²) in [6, 6.07) is 23.2. The molecule has 0 aliphatic heterocycles. The predicted molar refractivity (Wildman–Crippen MR) is 145 cm³/mol. The Morgan fingerprint density at radius 3 is 2.23 bits per heavy atom. The van der Waals surface area contributed by atoms with Gasteiger partial charge in [-0.25, -0.2) is 9.97 Å². The minimum Gasteiger partial charge on any atom is -0.437 e. The Bertz CT molecular complexity index is 1740. The summed E-state index contributed by atoms with van der Waals surface area (Å²) >= 11 is 0. The van der Waals surface area contributed by atoms with E-state index in [4.69, 9.17) is 14.4 Å². The average Bonchev–Trinajstić information content (AvgIpc) is 3.38. The van der Waals surface area contributed by atoms with E-state index in [9.17, 15) is 0 Å². The maximum Gasteiger partial charge on any atom is 0.227 e. The topological polar surface area (TPSA) is 43.9 Å². The normalized spacial score (nSPS) is 12.3. The van der Waals surface area contributed by atoms with Crippen LogP contribution in [0.2, 0.25) is 0 Å². The van der Waals surface area contributed by atoms with Crippen molar-refractivity contribution in [1.82, 2.24) is 14.5 Å². The second kappa shape index (κ2) is 7.54. The molecule has 4 heteroatoms. The number of pyridine rings is 1. The Balaban J connectivity index is 1.66. The minimum absolute atomic E-state index is 0.150. The second-order valence-electron chi connectivity index (χ2n) is 10.5. The smallest absolute Gasteiger partial charge is 0.227 e. The summed E-state index contributed by atoms with van der Waals surface area (Å²) in [4.78, 5) is 10.1. The number of furan rings is 1. The average molecular weight is 460 g/mol. The molecule has 35 heavy (non-hydrogen) atoms. The van der Waals surface area contributed by atoms with E-state index in [1.54, 1.807) is 0 Å². The van der Waals surface area contributed by atoms with Gasteiger partial charge in [0, 0.05) is 21.9 Å². The number of imidazole rings is 1. The van der Waals surface area contributed by atoms with Gasteiger partial charge in [0.15, 0.2) is 0 Å². The van der Waals surface area contributed by atoms with Crippen molar-refractivity contribution in [2.45, 2.75) is 47.1 Å². The molecule has 6 aromatic rings. The largest absolute Gasteiger partial charge is 0.437 e. The van der Waals surface area contributed by atoms with Crippen molar-refractivity contribution in [3.8, 4) is 22.6 Å². The van der Waals surface area contributed by atoms with Crippen LogP contribution in [0.4, 0.5) is 0 Å². The molecule has 4 nitrogen and oxygen atoms in total. The number of hydrogen-bond acceptors (Lipinski definition) is 3. The number of aryl methyl sites for hydroxylation is 3. The molecule has 0 saturated carbocycles. The third-order valence-electron chi connectivity index (χ3n) is 6.90. The van der Waals surface area contributed by atoms with Gasteiger partial charge in [-0.15, -0.1) is 0 Å². The van der Waals surface area contributed by atoms with Crippen LogP contribution in [0.5, 0.6) is 0 Å². The zero-order valence-corrected chi connectivity index (χ0v) is 21.1. The third-order valence-corrected chi connectivity index (χ3v) is 6.90. The third kappa shape index (κ3) is 3.28. The van der Waals surface area contributed by atoms with Crippen LogP contribution in [0.1, 0.15) is 37.5 Å². The standard InChI is InChI=1S/C31H29N3O/c1-18-10-9-11-19(2)26(18)24-17-16-21-27-20(3)14-15-22(28(27)35-30(21)33-24)29-32-23-12-7-8-13-25(23)34(29)31(4,5)6/h7-17H,1-6H3. The van der Waals surface area contributed by atoms with Crippen LogP contribution in [-0.2, 0) is 5.54 Å². The first kappa shape index (κ1) is 21.6. The van der Waals surface area contributed by atoms with Crippen LogP contribution in [0, 0.1) is 20.8 Å². The van der Waals surface area contributed by atoms with Crippen molar-refractivity contribution < 1.29 is 4.42 Å². The summed E-state index contributed by atoms with van der Waals surface area (Å²) in [7, 11) is 0. The molecule has 0 spiro atoms. The molecular formula is C31H29N3O. The van der Waals surface area contributed by atoms with Crippen molar-refractivity contribution in [2.75, 3.05) is 0 Å². The number of fused-ring (bicyclic) bond motifs is 4. The first-order chi connectivity index (χ1) is 16.7. The van der Waals surface area contributed by atoms with E-state index in [0.717, 1.165) is 44.5 Å². The second-order valence-corrected chi connectivity index (χ2v) is 10.5. The predicted octanol–water partition coefficient (Wildman–Crippen LogP) is 8.34. The van der Waals surface area contributed by atoms with E-state index < -0.39 is 0 Å². The van der Waals surface area contributed by atoms with Gasteiger partial charge in [0.05, 0.1) is 22.3 Å². The van der Waals surface area contributed by atoms with Gasteiger partial charge >= 0.3 is 0 Å². The Hall–Kier alpha value is -3.92. The number of rotatable bonds is 2. The van der Waals surface area contributed by atoms with E-state index in [-0.39, 0.29) is 5.54 Å². The Labute approximate surface area is 205 Å². The van der Waals surface area contributed by atoms with Crippen LogP contribution in [-0.4, -0.2) is 14.5 Å². The summed E-state index contributed by atoms with van der Waals surface area (Å²) in [6.07, 6.45) is 0. The molecule has 0 N–H and O–H groups in total. The molecular weight excluding hydrogens is 430 g/mol. The lowest BCUT2D eigenvalue weighted by Gasteiger charge is -2.24. The van der Waals surface area contributed by atoms with Gasteiger partial charge in [0.1, 0.15) is 11.4 Å². The molecule has 0 fully saturated rings. The summed E-state index contributed by atoms with van der Waals surface area (Å²) < 4.78 is 8.87. The van der Waals surface area contributed by atoms with Gasteiger partial charge in [-0.3, -0.25) is 0 Å². The highest BCUT2D eigenvalue weighted by Crippen LogP contribution is 2.40. The van der Waals surface area contributed by atoms with Gasteiger partial charge < -0.3 is 8.98 Å². The Morgan fingerprint density at radius 1 is 0.743 bits per heavy atom. The molecule has 3 aromatic heterocycles. The molecule has 3 heterocycles. The summed E-state index contributed by atoms with van der Waals surface area (Å²) in [5.41, 5.74) is 10.1. The first-order valence-electron chi connectivity index (χ1n) is 12.1. The summed E-state index contributed by atoms with van der Waals surface area (Å²) in [5, 5.41) is 2.14. The summed E-state index contributed by atoms with van der Waals surface area (Å²) in [6.45, 7) is 13.0. The van der Waals surface area contributed by atoms with Crippen molar-refractivity contribution in [1.29, 1.82) is 0 Å². The fourth-order valence-electron chi connectivity index (χ4n) is 5.35. The number of aromatic nitrogens is 3. The Kier molecular flexibility index (Phi) is 4.65. The molecule has 0 aliphatic rings. The van der Waals surface area contributed by atoms with Crippen molar-refractivity contribution >= 4 is 33.1 Å². The number of benzene rings is 3.